The van der Waals surface area contributed by atoms with Crippen molar-refractivity contribution in [2.75, 3.05) is 6.61 Å². The van der Waals surface area contributed by atoms with E-state index in [0.717, 1.165) is 17.7 Å². The quantitative estimate of drug-likeness (QED) is 0.872. The first kappa shape index (κ1) is 14.2. The van der Waals surface area contributed by atoms with Crippen LogP contribution in [0.5, 0.6) is 17.2 Å². The van der Waals surface area contributed by atoms with Crippen LogP contribution < -0.4 is 9.47 Å². The summed E-state index contributed by atoms with van der Waals surface area (Å²) in [5.41, 5.74) is 1.32. The van der Waals surface area contributed by atoms with Gasteiger partial charge in [0, 0.05) is 6.07 Å². The van der Waals surface area contributed by atoms with Gasteiger partial charge in [-0.15, -0.1) is 0 Å². The third kappa shape index (κ3) is 2.81. The Labute approximate surface area is 128 Å². The highest BCUT2D eigenvalue weighted by molar-refractivity contribution is 6.14. The molecule has 0 saturated carbocycles. The van der Waals surface area contributed by atoms with Crippen molar-refractivity contribution in [3.63, 3.8) is 0 Å². The Bertz CT molecular complexity index is 729. The summed E-state index contributed by atoms with van der Waals surface area (Å²) in [5.74, 6) is 1.34. The van der Waals surface area contributed by atoms with Crippen molar-refractivity contribution in [1.82, 2.24) is 0 Å². The number of carbonyl (C=O) groups excluding carboxylic acids is 1. The smallest absolute Gasteiger partial charge is 0.231 e. The molecule has 0 aromatic heterocycles. The fourth-order valence-corrected chi connectivity index (χ4v) is 2.21. The number of allylic oxidation sites excluding steroid dienone is 1. The van der Waals surface area contributed by atoms with Gasteiger partial charge in [0.15, 0.2) is 5.76 Å². The number of rotatable bonds is 4. The summed E-state index contributed by atoms with van der Waals surface area (Å²) in [7, 11) is 0. The Hall–Kier alpha value is -2.75. The zero-order valence-electron chi connectivity index (χ0n) is 12.2. The standard InChI is InChI=1S/C18H16O4/c1-2-9-21-14-6-3-12(4-7-14)10-17-18(20)15-8-5-13(19)11-16(15)22-17/h3-8,10-11,19H,2,9H2,1H3/b17-10+. The molecule has 0 radical (unpaired) electrons. The Morgan fingerprint density at radius 1 is 1.18 bits per heavy atom. The summed E-state index contributed by atoms with van der Waals surface area (Å²) in [6.45, 7) is 2.73. The second kappa shape index (κ2) is 5.93. The molecule has 22 heavy (non-hydrogen) atoms. The molecule has 4 heteroatoms. The van der Waals surface area contributed by atoms with Gasteiger partial charge in [-0.25, -0.2) is 0 Å². The van der Waals surface area contributed by atoms with Gasteiger partial charge >= 0.3 is 0 Å². The van der Waals surface area contributed by atoms with Crippen LogP contribution in [0.15, 0.2) is 48.2 Å². The number of ketones is 1. The molecule has 2 aromatic rings. The van der Waals surface area contributed by atoms with E-state index in [-0.39, 0.29) is 17.3 Å². The molecule has 112 valence electrons. The van der Waals surface area contributed by atoms with Crippen molar-refractivity contribution < 1.29 is 19.4 Å². The van der Waals surface area contributed by atoms with E-state index in [4.69, 9.17) is 9.47 Å². The lowest BCUT2D eigenvalue weighted by atomic mass is 10.1. The van der Waals surface area contributed by atoms with Crippen molar-refractivity contribution in [2.24, 2.45) is 0 Å². The first-order valence-corrected chi connectivity index (χ1v) is 7.17. The minimum Gasteiger partial charge on any atom is -0.508 e. The summed E-state index contributed by atoms with van der Waals surface area (Å²) >= 11 is 0. The first-order valence-electron chi connectivity index (χ1n) is 7.17. The number of hydrogen-bond acceptors (Lipinski definition) is 4. The van der Waals surface area contributed by atoms with E-state index in [2.05, 4.69) is 6.92 Å². The Morgan fingerprint density at radius 3 is 2.68 bits per heavy atom. The molecule has 0 aliphatic carbocycles. The molecule has 0 saturated heterocycles. The third-order valence-electron chi connectivity index (χ3n) is 3.30. The zero-order valence-corrected chi connectivity index (χ0v) is 12.2. The highest BCUT2D eigenvalue weighted by atomic mass is 16.5. The second-order valence-corrected chi connectivity index (χ2v) is 5.04. The molecule has 1 N–H and O–H groups in total. The molecule has 1 heterocycles. The maximum absolute atomic E-state index is 12.2. The van der Waals surface area contributed by atoms with Crippen LogP contribution >= 0.6 is 0 Å². The molecular formula is C18H16O4. The molecule has 0 atom stereocenters. The van der Waals surface area contributed by atoms with Crippen LogP contribution in [0.1, 0.15) is 29.3 Å². The zero-order chi connectivity index (χ0) is 15.5. The first-order chi connectivity index (χ1) is 10.7. The van der Waals surface area contributed by atoms with Crippen molar-refractivity contribution in [3.05, 3.63) is 59.4 Å². The van der Waals surface area contributed by atoms with Gasteiger partial charge in [0.1, 0.15) is 17.2 Å². The van der Waals surface area contributed by atoms with Crippen LogP contribution in [0.25, 0.3) is 6.08 Å². The highest BCUT2D eigenvalue weighted by Crippen LogP contribution is 2.34. The molecule has 4 nitrogen and oxygen atoms in total. The van der Waals surface area contributed by atoms with Crippen LogP contribution in [0, 0.1) is 0 Å². The average molecular weight is 296 g/mol. The second-order valence-electron chi connectivity index (χ2n) is 5.04. The lowest BCUT2D eigenvalue weighted by Gasteiger charge is -2.04. The van der Waals surface area contributed by atoms with Crippen LogP contribution in [-0.4, -0.2) is 17.5 Å². The van der Waals surface area contributed by atoms with E-state index in [1.54, 1.807) is 12.1 Å². The van der Waals surface area contributed by atoms with Crippen molar-refractivity contribution in [3.8, 4) is 17.2 Å². The van der Waals surface area contributed by atoms with Gasteiger partial charge in [-0.05, 0) is 42.3 Å². The van der Waals surface area contributed by atoms with Crippen molar-refractivity contribution in [2.45, 2.75) is 13.3 Å². The molecule has 1 aliphatic heterocycles. The summed E-state index contributed by atoms with van der Waals surface area (Å²) < 4.78 is 11.0. The van der Waals surface area contributed by atoms with Crippen LogP contribution in [0.2, 0.25) is 0 Å². The maximum Gasteiger partial charge on any atom is 0.231 e. The van der Waals surface area contributed by atoms with Gasteiger partial charge < -0.3 is 14.6 Å². The van der Waals surface area contributed by atoms with Gasteiger partial charge in [-0.1, -0.05) is 19.1 Å². The number of benzene rings is 2. The molecule has 2 aromatic carbocycles. The number of ether oxygens (including phenoxy) is 2. The number of Topliss-reactive ketones (excluding diaryl/α,β-unsaturated/α-hetero) is 1. The summed E-state index contributed by atoms with van der Waals surface area (Å²) in [5, 5.41) is 9.44. The molecule has 3 rings (SSSR count). The minimum absolute atomic E-state index is 0.0743. The molecule has 0 unspecified atom stereocenters. The topological polar surface area (TPSA) is 55.8 Å². The molecule has 0 spiro atoms. The predicted molar refractivity (Wildman–Crippen MR) is 83.3 cm³/mol. The highest BCUT2D eigenvalue weighted by Gasteiger charge is 2.27. The monoisotopic (exact) mass is 296 g/mol. The van der Waals surface area contributed by atoms with E-state index in [1.165, 1.54) is 12.1 Å². The van der Waals surface area contributed by atoms with Crippen LogP contribution in [0.3, 0.4) is 0 Å². The SMILES string of the molecule is CCCOc1ccc(/C=C2/Oc3cc(O)ccc3C2=O)cc1. The average Bonchev–Trinajstić information content (AvgIpc) is 2.82. The van der Waals surface area contributed by atoms with Crippen LogP contribution in [-0.2, 0) is 0 Å². The van der Waals surface area contributed by atoms with Gasteiger partial charge in [0.05, 0.1) is 12.2 Å². The Balaban J connectivity index is 1.80. The molecular weight excluding hydrogens is 280 g/mol. The number of phenols is 1. The van der Waals surface area contributed by atoms with Gasteiger partial charge in [0.25, 0.3) is 0 Å². The number of hydrogen-bond donors (Lipinski definition) is 1. The van der Waals surface area contributed by atoms with Gasteiger partial charge in [-0.3, -0.25) is 4.79 Å². The van der Waals surface area contributed by atoms with Gasteiger partial charge in [0.2, 0.25) is 5.78 Å². The molecule has 0 bridgehead atoms. The van der Waals surface area contributed by atoms with E-state index < -0.39 is 0 Å². The van der Waals surface area contributed by atoms with Crippen molar-refractivity contribution in [1.29, 1.82) is 0 Å². The van der Waals surface area contributed by atoms with Crippen molar-refractivity contribution >= 4 is 11.9 Å². The lowest BCUT2D eigenvalue weighted by molar-refractivity contribution is 0.101. The van der Waals surface area contributed by atoms with Crippen LogP contribution in [0.4, 0.5) is 0 Å². The lowest BCUT2D eigenvalue weighted by Crippen LogP contribution is -1.98. The fraction of sp³-hybridized carbons (Fsp3) is 0.167. The number of aromatic hydroxyl groups is 1. The normalized spacial score (nSPS) is 14.8. The van der Waals surface area contributed by atoms with E-state index in [1.807, 2.05) is 24.3 Å². The summed E-state index contributed by atoms with van der Waals surface area (Å²) in [6.07, 6.45) is 2.64. The minimum atomic E-state index is -0.179. The van der Waals surface area contributed by atoms with E-state index in [0.29, 0.717) is 17.9 Å². The maximum atomic E-state index is 12.2. The fourth-order valence-electron chi connectivity index (χ4n) is 2.21. The number of phenolic OH excluding ortho intramolecular Hbond substituents is 1. The Morgan fingerprint density at radius 2 is 1.95 bits per heavy atom. The third-order valence-corrected chi connectivity index (χ3v) is 3.30. The largest absolute Gasteiger partial charge is 0.508 e. The molecule has 1 aliphatic rings. The molecule has 0 amide bonds. The summed E-state index contributed by atoms with van der Waals surface area (Å²) in [4.78, 5) is 12.2. The Kier molecular flexibility index (Phi) is 3.83. The molecule has 0 fully saturated rings. The van der Waals surface area contributed by atoms with E-state index >= 15 is 0 Å². The number of fused-ring (bicyclic) bond motifs is 1. The van der Waals surface area contributed by atoms with Gasteiger partial charge in [-0.2, -0.15) is 0 Å². The predicted octanol–water partition coefficient (Wildman–Crippen LogP) is 3.80. The summed E-state index contributed by atoms with van der Waals surface area (Å²) in [6, 6.07) is 11.9. The van der Waals surface area contributed by atoms with E-state index in [9.17, 15) is 9.90 Å². The number of carbonyl (C=O) groups is 1.